The third-order valence-electron chi connectivity index (χ3n) is 5.18. The summed E-state index contributed by atoms with van der Waals surface area (Å²) in [5.74, 6) is 0.838. The van der Waals surface area contributed by atoms with E-state index in [-0.39, 0.29) is 6.61 Å². The average molecular weight is 446 g/mol. The Balaban J connectivity index is 1.58. The van der Waals surface area contributed by atoms with Gasteiger partial charge in [0.1, 0.15) is 12.2 Å². The van der Waals surface area contributed by atoms with Gasteiger partial charge in [-0.1, -0.05) is 30.3 Å². The predicted octanol–water partition coefficient (Wildman–Crippen LogP) is 4.73. The molecule has 168 valence electrons. The summed E-state index contributed by atoms with van der Waals surface area (Å²) in [6.07, 6.45) is 2.88. The number of ether oxygens (including phenoxy) is 4. The van der Waals surface area contributed by atoms with E-state index in [1.54, 1.807) is 24.3 Å². The van der Waals surface area contributed by atoms with Gasteiger partial charge in [-0.15, -0.1) is 0 Å². The van der Waals surface area contributed by atoms with Gasteiger partial charge in [0, 0.05) is 23.1 Å². The van der Waals surface area contributed by atoms with E-state index in [9.17, 15) is 9.59 Å². The van der Waals surface area contributed by atoms with Crippen LogP contribution >= 0.6 is 0 Å². The molecule has 0 saturated carbocycles. The van der Waals surface area contributed by atoms with E-state index in [2.05, 4.69) is 0 Å². The number of rotatable bonds is 7. The van der Waals surface area contributed by atoms with Gasteiger partial charge in [-0.05, 0) is 40.6 Å². The lowest BCUT2D eigenvalue weighted by atomic mass is 10.0. The van der Waals surface area contributed by atoms with Crippen LogP contribution in [-0.2, 0) is 16.1 Å². The molecule has 0 amide bonds. The molecule has 33 heavy (non-hydrogen) atoms. The summed E-state index contributed by atoms with van der Waals surface area (Å²) in [6, 6.07) is 16.2. The molecule has 4 rings (SSSR count). The molecule has 0 unspecified atom stereocenters. The first-order valence-corrected chi connectivity index (χ1v) is 10.1. The maximum absolute atomic E-state index is 12.4. The van der Waals surface area contributed by atoms with Gasteiger partial charge in [-0.3, -0.25) is 0 Å². The summed E-state index contributed by atoms with van der Waals surface area (Å²) in [4.78, 5) is 24.4. The van der Waals surface area contributed by atoms with E-state index in [1.807, 2.05) is 30.3 Å². The molecular weight excluding hydrogens is 424 g/mol. The standard InChI is InChI=1S/C26H22O7/c1-29-21-12-16(13-22(30-2)26(21)31-3)8-11-23(27)32-15-18-14-24(28)33-20-10-9-17-6-4-5-7-19(17)25(18)20/h4-14H,15H2,1-3H3/b11-8+. The number of hydrogen-bond donors (Lipinski definition) is 0. The lowest BCUT2D eigenvalue weighted by Gasteiger charge is -2.12. The molecule has 0 fully saturated rings. The molecule has 0 spiro atoms. The van der Waals surface area contributed by atoms with Crippen LogP contribution in [0.5, 0.6) is 17.2 Å². The first-order chi connectivity index (χ1) is 16.0. The number of esters is 1. The van der Waals surface area contributed by atoms with Crippen LogP contribution in [0.3, 0.4) is 0 Å². The van der Waals surface area contributed by atoms with Gasteiger partial charge >= 0.3 is 11.6 Å². The molecule has 3 aromatic carbocycles. The van der Waals surface area contributed by atoms with Crippen LogP contribution in [0.2, 0.25) is 0 Å². The van der Waals surface area contributed by atoms with Crippen LogP contribution in [0.25, 0.3) is 27.8 Å². The first-order valence-electron chi connectivity index (χ1n) is 10.1. The van der Waals surface area contributed by atoms with E-state index < -0.39 is 11.6 Å². The second-order valence-corrected chi connectivity index (χ2v) is 7.15. The first kappa shape index (κ1) is 22.0. The molecule has 7 heteroatoms. The Bertz CT molecular complexity index is 1390. The number of hydrogen-bond acceptors (Lipinski definition) is 7. The highest BCUT2D eigenvalue weighted by Crippen LogP contribution is 2.38. The van der Waals surface area contributed by atoms with Gasteiger partial charge < -0.3 is 23.4 Å². The molecule has 0 atom stereocenters. The minimum absolute atomic E-state index is 0.0749. The smallest absolute Gasteiger partial charge is 0.336 e. The highest BCUT2D eigenvalue weighted by molar-refractivity contribution is 6.07. The molecule has 7 nitrogen and oxygen atoms in total. The molecule has 0 aliphatic carbocycles. The molecule has 1 aromatic heterocycles. The lowest BCUT2D eigenvalue weighted by Crippen LogP contribution is -2.06. The highest BCUT2D eigenvalue weighted by Gasteiger charge is 2.13. The Labute approximate surface area is 189 Å². The van der Waals surface area contributed by atoms with Crippen molar-refractivity contribution in [1.82, 2.24) is 0 Å². The number of fused-ring (bicyclic) bond motifs is 3. The summed E-state index contributed by atoms with van der Waals surface area (Å²) in [6.45, 7) is -0.0749. The monoisotopic (exact) mass is 446 g/mol. The van der Waals surface area contributed by atoms with Gasteiger partial charge in [0.2, 0.25) is 5.75 Å². The van der Waals surface area contributed by atoms with Gasteiger partial charge in [0.05, 0.1) is 21.3 Å². The molecule has 1 heterocycles. The molecule has 4 aromatic rings. The van der Waals surface area contributed by atoms with Crippen molar-refractivity contribution in [3.8, 4) is 17.2 Å². The second kappa shape index (κ2) is 9.48. The molecule has 0 radical (unpaired) electrons. The van der Waals surface area contributed by atoms with Crippen molar-refractivity contribution in [2.24, 2.45) is 0 Å². The molecule has 0 saturated heterocycles. The fraction of sp³-hybridized carbons (Fsp3) is 0.154. The van der Waals surface area contributed by atoms with E-state index in [0.717, 1.165) is 16.2 Å². The average Bonchev–Trinajstić information content (AvgIpc) is 2.84. The summed E-state index contributed by atoms with van der Waals surface area (Å²) in [7, 11) is 4.55. The van der Waals surface area contributed by atoms with E-state index in [4.69, 9.17) is 23.4 Å². The van der Waals surface area contributed by atoms with Crippen LogP contribution < -0.4 is 19.8 Å². The zero-order valence-corrected chi connectivity index (χ0v) is 18.4. The van der Waals surface area contributed by atoms with Crippen LogP contribution in [0.15, 0.2) is 69.9 Å². The number of carbonyl (C=O) groups excluding carboxylic acids is 1. The maximum atomic E-state index is 12.4. The Morgan fingerprint density at radius 2 is 1.67 bits per heavy atom. The SMILES string of the molecule is COc1cc(/C=C/C(=O)OCc2cc(=O)oc3ccc4ccccc4c23)cc(OC)c1OC. The summed E-state index contributed by atoms with van der Waals surface area (Å²) in [5, 5.41) is 2.65. The summed E-state index contributed by atoms with van der Waals surface area (Å²) >= 11 is 0. The Morgan fingerprint density at radius 1 is 0.939 bits per heavy atom. The number of benzene rings is 3. The zero-order valence-electron chi connectivity index (χ0n) is 18.4. The normalized spacial score (nSPS) is 11.1. The van der Waals surface area contributed by atoms with E-state index in [1.165, 1.54) is 33.5 Å². The second-order valence-electron chi connectivity index (χ2n) is 7.15. The molecular formula is C26H22O7. The van der Waals surface area contributed by atoms with Crippen LogP contribution in [-0.4, -0.2) is 27.3 Å². The van der Waals surface area contributed by atoms with Crippen molar-refractivity contribution in [2.75, 3.05) is 21.3 Å². The van der Waals surface area contributed by atoms with Gasteiger partial charge in [0.15, 0.2) is 11.5 Å². The Hall–Kier alpha value is -4.26. The molecule has 0 N–H and O–H groups in total. The van der Waals surface area contributed by atoms with Gasteiger partial charge in [-0.25, -0.2) is 9.59 Å². The summed E-state index contributed by atoms with van der Waals surface area (Å²) in [5.41, 5.74) is 1.18. The molecule has 0 bridgehead atoms. The fourth-order valence-corrected chi connectivity index (χ4v) is 3.69. The third-order valence-corrected chi connectivity index (χ3v) is 5.18. The van der Waals surface area contributed by atoms with Gasteiger partial charge in [0.25, 0.3) is 0 Å². The van der Waals surface area contributed by atoms with Crippen molar-refractivity contribution >= 4 is 33.8 Å². The van der Waals surface area contributed by atoms with Crippen molar-refractivity contribution in [1.29, 1.82) is 0 Å². The quantitative estimate of drug-likeness (QED) is 0.176. The van der Waals surface area contributed by atoms with Crippen LogP contribution in [0.4, 0.5) is 0 Å². The van der Waals surface area contributed by atoms with Crippen LogP contribution in [0.1, 0.15) is 11.1 Å². The van der Waals surface area contributed by atoms with Crippen LogP contribution in [0, 0.1) is 0 Å². The van der Waals surface area contributed by atoms with Crippen molar-refractivity contribution < 1.29 is 28.2 Å². The Kier molecular flexibility index (Phi) is 6.31. The largest absolute Gasteiger partial charge is 0.493 e. The third kappa shape index (κ3) is 4.52. The zero-order chi connectivity index (χ0) is 23.4. The molecule has 0 aliphatic rings. The minimum Gasteiger partial charge on any atom is -0.493 e. The maximum Gasteiger partial charge on any atom is 0.336 e. The summed E-state index contributed by atoms with van der Waals surface area (Å²) < 4.78 is 26.7. The lowest BCUT2D eigenvalue weighted by molar-refractivity contribution is -0.138. The molecule has 0 aliphatic heterocycles. The van der Waals surface area contributed by atoms with Crippen molar-refractivity contribution in [3.05, 3.63) is 82.2 Å². The van der Waals surface area contributed by atoms with Gasteiger partial charge in [-0.2, -0.15) is 0 Å². The topological polar surface area (TPSA) is 84.2 Å². The van der Waals surface area contributed by atoms with Crippen molar-refractivity contribution in [3.63, 3.8) is 0 Å². The minimum atomic E-state index is -0.564. The predicted molar refractivity (Wildman–Crippen MR) is 125 cm³/mol. The highest BCUT2D eigenvalue weighted by atomic mass is 16.5. The van der Waals surface area contributed by atoms with E-state index in [0.29, 0.717) is 34.0 Å². The Morgan fingerprint density at radius 3 is 2.36 bits per heavy atom. The number of carbonyl (C=O) groups is 1. The fourth-order valence-electron chi connectivity index (χ4n) is 3.69. The number of methoxy groups -OCH3 is 3. The van der Waals surface area contributed by atoms with E-state index >= 15 is 0 Å². The van der Waals surface area contributed by atoms with Crippen molar-refractivity contribution in [2.45, 2.75) is 6.61 Å².